The Kier molecular flexibility index (Phi) is 5.77. The Labute approximate surface area is 165 Å². The molecule has 1 aliphatic heterocycles. The summed E-state index contributed by atoms with van der Waals surface area (Å²) in [5.74, 6) is 2.16. The Hall–Kier alpha value is -1.88. The first kappa shape index (κ1) is 18.5. The number of benzene rings is 1. The van der Waals surface area contributed by atoms with Crippen molar-refractivity contribution in [3.8, 4) is 5.75 Å². The Morgan fingerprint density at radius 1 is 1.15 bits per heavy atom. The molecular formula is C22H28N2O2S. The van der Waals surface area contributed by atoms with Gasteiger partial charge in [-0.05, 0) is 49.3 Å². The molecule has 1 aromatic heterocycles. The van der Waals surface area contributed by atoms with Gasteiger partial charge in [-0.2, -0.15) is 0 Å². The van der Waals surface area contributed by atoms with Crippen LogP contribution in [0.5, 0.6) is 5.75 Å². The maximum atomic E-state index is 13.5. The predicted molar refractivity (Wildman–Crippen MR) is 108 cm³/mol. The molecule has 4 rings (SSSR count). The molecular weight excluding hydrogens is 356 g/mol. The van der Waals surface area contributed by atoms with Crippen molar-refractivity contribution < 1.29 is 9.53 Å². The lowest BCUT2D eigenvalue weighted by Crippen LogP contribution is -2.42. The maximum Gasteiger partial charge on any atom is 0.230 e. The average molecular weight is 385 g/mol. The van der Waals surface area contributed by atoms with Crippen LogP contribution in [0, 0.1) is 5.92 Å². The smallest absolute Gasteiger partial charge is 0.230 e. The molecule has 27 heavy (non-hydrogen) atoms. The number of amides is 1. The highest BCUT2D eigenvalue weighted by Gasteiger charge is 2.36. The molecule has 0 bridgehead atoms. The zero-order valence-corrected chi connectivity index (χ0v) is 16.8. The van der Waals surface area contributed by atoms with Crippen molar-refractivity contribution in [3.63, 3.8) is 0 Å². The monoisotopic (exact) mass is 384 g/mol. The summed E-state index contributed by atoms with van der Waals surface area (Å²) >= 11 is 1.74. The van der Waals surface area contributed by atoms with E-state index in [1.165, 1.54) is 17.8 Å². The number of thiazole rings is 1. The summed E-state index contributed by atoms with van der Waals surface area (Å²) < 4.78 is 5.30. The van der Waals surface area contributed by atoms with Crippen LogP contribution in [0.1, 0.15) is 60.9 Å². The molecule has 144 valence electrons. The SMILES string of the molecule is COc1ccc(C(C(=O)N2CCC(c3nccs3)CC2)C2CCCC2)cc1. The van der Waals surface area contributed by atoms with E-state index in [4.69, 9.17) is 4.74 Å². The highest BCUT2D eigenvalue weighted by Crippen LogP contribution is 2.40. The summed E-state index contributed by atoms with van der Waals surface area (Å²) in [6, 6.07) is 8.14. The van der Waals surface area contributed by atoms with E-state index in [0.717, 1.165) is 50.1 Å². The first-order valence-corrected chi connectivity index (χ1v) is 11.0. The van der Waals surface area contributed by atoms with Crippen LogP contribution in [0.4, 0.5) is 0 Å². The number of rotatable bonds is 5. The third-order valence-electron chi connectivity index (χ3n) is 6.22. The van der Waals surface area contributed by atoms with E-state index in [1.807, 2.05) is 23.7 Å². The number of hydrogen-bond donors (Lipinski definition) is 0. The van der Waals surface area contributed by atoms with Crippen molar-refractivity contribution >= 4 is 17.2 Å². The van der Waals surface area contributed by atoms with Crippen LogP contribution in [0.3, 0.4) is 0 Å². The average Bonchev–Trinajstić information content (AvgIpc) is 3.43. The molecule has 0 radical (unpaired) electrons. The number of ether oxygens (including phenoxy) is 1. The second kappa shape index (κ2) is 8.42. The molecule has 1 unspecified atom stereocenters. The van der Waals surface area contributed by atoms with Crippen molar-refractivity contribution in [2.45, 2.75) is 50.4 Å². The van der Waals surface area contributed by atoms with Crippen LogP contribution in [0.2, 0.25) is 0 Å². The summed E-state index contributed by atoms with van der Waals surface area (Å²) in [5.41, 5.74) is 1.15. The van der Waals surface area contributed by atoms with Crippen LogP contribution in [-0.4, -0.2) is 36.0 Å². The number of carbonyl (C=O) groups excluding carboxylic acids is 1. The molecule has 1 saturated carbocycles. The normalized spacial score (nSPS) is 20.0. The number of hydrogen-bond acceptors (Lipinski definition) is 4. The molecule has 5 heteroatoms. The molecule has 4 nitrogen and oxygen atoms in total. The molecule has 1 saturated heterocycles. The van der Waals surface area contributed by atoms with E-state index in [1.54, 1.807) is 18.4 Å². The van der Waals surface area contributed by atoms with Crippen LogP contribution in [-0.2, 0) is 4.79 Å². The molecule has 1 aliphatic carbocycles. The van der Waals surface area contributed by atoms with Crippen molar-refractivity contribution in [1.29, 1.82) is 0 Å². The van der Waals surface area contributed by atoms with Crippen molar-refractivity contribution in [1.82, 2.24) is 9.88 Å². The fraction of sp³-hybridized carbons (Fsp3) is 0.545. The Morgan fingerprint density at radius 2 is 1.85 bits per heavy atom. The molecule has 2 aromatic rings. The summed E-state index contributed by atoms with van der Waals surface area (Å²) in [5, 5.41) is 3.27. The Balaban J connectivity index is 1.48. The summed E-state index contributed by atoms with van der Waals surface area (Å²) in [6.45, 7) is 1.70. The van der Waals surface area contributed by atoms with Gasteiger partial charge in [-0.1, -0.05) is 25.0 Å². The first-order chi connectivity index (χ1) is 13.3. The minimum Gasteiger partial charge on any atom is -0.497 e. The topological polar surface area (TPSA) is 42.4 Å². The number of piperidine rings is 1. The van der Waals surface area contributed by atoms with E-state index in [2.05, 4.69) is 22.0 Å². The molecule has 2 heterocycles. The lowest BCUT2D eigenvalue weighted by Gasteiger charge is -2.35. The largest absolute Gasteiger partial charge is 0.497 e. The van der Waals surface area contributed by atoms with Gasteiger partial charge in [0.2, 0.25) is 5.91 Å². The Bertz CT molecular complexity index is 730. The Morgan fingerprint density at radius 3 is 2.44 bits per heavy atom. The van der Waals surface area contributed by atoms with Gasteiger partial charge in [0, 0.05) is 30.6 Å². The molecule has 0 N–H and O–H groups in total. The van der Waals surface area contributed by atoms with Gasteiger partial charge >= 0.3 is 0 Å². The zero-order chi connectivity index (χ0) is 18.6. The number of likely N-dealkylation sites (tertiary alicyclic amines) is 1. The minimum atomic E-state index is -0.00480. The van der Waals surface area contributed by atoms with Crippen molar-refractivity contribution in [2.75, 3.05) is 20.2 Å². The maximum absolute atomic E-state index is 13.5. The second-order valence-electron chi connectivity index (χ2n) is 7.77. The van der Waals surface area contributed by atoms with Gasteiger partial charge < -0.3 is 9.64 Å². The fourth-order valence-electron chi connectivity index (χ4n) is 4.70. The van der Waals surface area contributed by atoms with Gasteiger partial charge in [-0.15, -0.1) is 11.3 Å². The summed E-state index contributed by atoms with van der Waals surface area (Å²) in [4.78, 5) is 20.1. The highest BCUT2D eigenvalue weighted by molar-refractivity contribution is 7.09. The molecule has 1 amide bonds. The number of carbonyl (C=O) groups is 1. The van der Waals surface area contributed by atoms with E-state index in [9.17, 15) is 4.79 Å². The number of aromatic nitrogens is 1. The van der Waals surface area contributed by atoms with Crippen molar-refractivity contribution in [2.24, 2.45) is 5.92 Å². The van der Waals surface area contributed by atoms with Gasteiger partial charge in [-0.25, -0.2) is 4.98 Å². The molecule has 2 fully saturated rings. The van der Waals surface area contributed by atoms with Crippen LogP contribution < -0.4 is 4.74 Å². The first-order valence-electron chi connectivity index (χ1n) is 10.1. The lowest BCUT2D eigenvalue weighted by atomic mass is 9.83. The van der Waals surface area contributed by atoms with Gasteiger partial charge in [0.15, 0.2) is 0 Å². The van der Waals surface area contributed by atoms with Gasteiger partial charge in [0.05, 0.1) is 18.0 Å². The third kappa shape index (κ3) is 4.03. The standard InChI is InChI=1S/C22H28N2O2S/c1-26-19-8-6-17(7-9-19)20(16-4-2-3-5-16)22(25)24-13-10-18(11-14-24)21-23-12-15-27-21/h6-9,12,15-16,18,20H,2-5,10-11,13-14H2,1H3. The van der Waals surface area contributed by atoms with Gasteiger partial charge in [0.1, 0.15) is 5.75 Å². The van der Waals surface area contributed by atoms with E-state index < -0.39 is 0 Å². The van der Waals surface area contributed by atoms with Crippen LogP contribution in [0.25, 0.3) is 0 Å². The lowest BCUT2D eigenvalue weighted by molar-refractivity contribution is -0.135. The quantitative estimate of drug-likeness (QED) is 0.741. The molecule has 2 aliphatic rings. The van der Waals surface area contributed by atoms with Crippen molar-refractivity contribution in [3.05, 3.63) is 46.4 Å². The summed E-state index contributed by atoms with van der Waals surface area (Å²) in [6.07, 6.45) is 8.76. The fourth-order valence-corrected chi connectivity index (χ4v) is 5.51. The number of methoxy groups -OCH3 is 1. The molecule has 1 atom stereocenters. The predicted octanol–water partition coefficient (Wildman–Crippen LogP) is 4.83. The van der Waals surface area contributed by atoms with Crippen LogP contribution in [0.15, 0.2) is 35.8 Å². The van der Waals surface area contributed by atoms with E-state index in [0.29, 0.717) is 17.7 Å². The number of nitrogens with zero attached hydrogens (tertiary/aromatic N) is 2. The molecule has 1 aromatic carbocycles. The van der Waals surface area contributed by atoms with Crippen LogP contribution >= 0.6 is 11.3 Å². The summed E-state index contributed by atoms with van der Waals surface area (Å²) in [7, 11) is 1.68. The second-order valence-corrected chi connectivity index (χ2v) is 8.69. The molecule has 0 spiro atoms. The minimum absolute atomic E-state index is 0.00480. The zero-order valence-electron chi connectivity index (χ0n) is 16.0. The van der Waals surface area contributed by atoms with E-state index >= 15 is 0 Å². The van der Waals surface area contributed by atoms with E-state index in [-0.39, 0.29) is 5.92 Å². The van der Waals surface area contributed by atoms with Gasteiger partial charge in [-0.3, -0.25) is 4.79 Å². The van der Waals surface area contributed by atoms with Gasteiger partial charge in [0.25, 0.3) is 0 Å². The highest BCUT2D eigenvalue weighted by atomic mass is 32.1. The third-order valence-corrected chi connectivity index (χ3v) is 7.16.